The number of rotatable bonds is 3. The number of primary amides is 1. The number of hydrogen-bond acceptors (Lipinski definition) is 2. The molecule has 8 heteroatoms. The van der Waals surface area contributed by atoms with Crippen LogP contribution in [0.15, 0.2) is 36.5 Å². The Hall–Kier alpha value is -2.48. The minimum absolute atomic E-state index is 0.0280. The molecule has 1 heterocycles. The molecule has 0 fully saturated rings. The topological polar surface area (TPSA) is 70.1 Å². The number of benzene rings is 1. The first kappa shape index (κ1) is 23.6. The van der Waals surface area contributed by atoms with E-state index >= 15 is 0 Å². The second kappa shape index (κ2) is 9.14. The summed E-state index contributed by atoms with van der Waals surface area (Å²) >= 11 is 0. The molecule has 28 heavy (non-hydrogen) atoms. The molecule has 4 nitrogen and oxygen atoms in total. The van der Waals surface area contributed by atoms with Gasteiger partial charge in [-0.1, -0.05) is 27.7 Å². The minimum Gasteiger partial charge on any atom is -0.651 e. The molecule has 0 bridgehead atoms. The van der Waals surface area contributed by atoms with Crippen LogP contribution in [0.3, 0.4) is 0 Å². The van der Waals surface area contributed by atoms with Crippen molar-refractivity contribution in [2.45, 2.75) is 52.4 Å². The zero-order valence-corrected chi connectivity index (χ0v) is 16.4. The van der Waals surface area contributed by atoms with Crippen molar-refractivity contribution in [3.63, 3.8) is 0 Å². The highest BCUT2D eigenvalue weighted by Gasteiger charge is 2.31. The Labute approximate surface area is 162 Å². The van der Waals surface area contributed by atoms with Crippen molar-refractivity contribution in [1.29, 1.82) is 0 Å². The Bertz CT molecular complexity index is 814. The van der Waals surface area contributed by atoms with Crippen LogP contribution < -0.4 is 5.73 Å². The third-order valence-electron chi connectivity index (χ3n) is 3.54. The van der Waals surface area contributed by atoms with Gasteiger partial charge in [-0.2, -0.15) is 13.2 Å². The Kier molecular flexibility index (Phi) is 7.69. The molecular formula is C20H24F4N3O-. The Morgan fingerprint density at radius 2 is 1.75 bits per heavy atom. The molecule has 0 saturated heterocycles. The van der Waals surface area contributed by atoms with Gasteiger partial charge in [-0.15, -0.1) is 11.6 Å². The number of amides is 1. The van der Waals surface area contributed by atoms with Crippen LogP contribution in [-0.4, -0.2) is 16.4 Å². The van der Waals surface area contributed by atoms with E-state index in [9.17, 15) is 22.4 Å². The van der Waals surface area contributed by atoms with Gasteiger partial charge in [-0.05, 0) is 42.8 Å². The summed E-state index contributed by atoms with van der Waals surface area (Å²) in [5.74, 6) is -1.07. The van der Waals surface area contributed by atoms with Gasteiger partial charge in [0, 0.05) is 17.5 Å². The zero-order valence-electron chi connectivity index (χ0n) is 16.4. The Morgan fingerprint density at radius 3 is 2.18 bits per heavy atom. The summed E-state index contributed by atoms with van der Waals surface area (Å²) in [5, 5.41) is 4.26. The lowest BCUT2D eigenvalue weighted by atomic mass is 10.0. The number of alkyl halides is 3. The number of halogens is 4. The summed E-state index contributed by atoms with van der Waals surface area (Å²) in [5.41, 5.74) is 5.01. The fourth-order valence-electron chi connectivity index (χ4n) is 2.39. The van der Waals surface area contributed by atoms with Gasteiger partial charge in [0.15, 0.2) is 0 Å². The summed E-state index contributed by atoms with van der Waals surface area (Å²) < 4.78 is 51.2. The number of hydrogen-bond donors (Lipinski definition) is 1. The zero-order chi connectivity index (χ0) is 21.7. The van der Waals surface area contributed by atoms with E-state index in [0.29, 0.717) is 5.56 Å². The van der Waals surface area contributed by atoms with Gasteiger partial charge in [-0.3, -0.25) is 9.78 Å². The first-order chi connectivity index (χ1) is 12.7. The Balaban J connectivity index is 0.000000330. The van der Waals surface area contributed by atoms with Crippen LogP contribution in [0, 0.1) is 12.7 Å². The molecule has 0 aliphatic rings. The highest BCUT2D eigenvalue weighted by Crippen LogP contribution is 2.35. The van der Waals surface area contributed by atoms with Gasteiger partial charge in [0.05, 0.1) is 5.56 Å². The molecule has 1 atom stereocenters. The molecule has 0 spiro atoms. The maximum atomic E-state index is 13.6. The van der Waals surface area contributed by atoms with E-state index in [-0.39, 0.29) is 5.56 Å². The number of nitrogens with zero attached hydrogens (tertiary/aromatic N) is 2. The highest BCUT2D eigenvalue weighted by atomic mass is 19.4. The molecule has 0 aliphatic carbocycles. The third-order valence-corrected chi connectivity index (χ3v) is 3.54. The van der Waals surface area contributed by atoms with Crippen LogP contribution in [0.5, 0.6) is 0 Å². The van der Waals surface area contributed by atoms with E-state index in [0.717, 1.165) is 23.9 Å². The number of carbonyl (C=O) groups excluding carboxylic acids is 1. The van der Waals surface area contributed by atoms with Crippen LogP contribution in [0.4, 0.5) is 17.6 Å². The second-order valence-corrected chi connectivity index (χ2v) is 7.26. The molecule has 0 radical (unpaired) electrons. The summed E-state index contributed by atoms with van der Waals surface area (Å²) in [6, 6.07) is 5.04. The number of nitrogens with two attached hydrogens (primary N) is 1. The number of carbonyl (C=O) groups is 1. The van der Waals surface area contributed by atoms with Crippen molar-refractivity contribution in [3.05, 3.63) is 70.0 Å². The number of aromatic nitrogens is 1. The quantitative estimate of drug-likeness (QED) is 0.687. The van der Waals surface area contributed by atoms with Crippen molar-refractivity contribution in [2.75, 3.05) is 0 Å². The molecule has 1 amide bonds. The van der Waals surface area contributed by atoms with Crippen LogP contribution in [-0.2, 0) is 6.18 Å². The number of pyridine rings is 1. The highest BCUT2D eigenvalue weighted by molar-refractivity contribution is 5.92. The van der Waals surface area contributed by atoms with E-state index in [2.05, 4.69) is 10.3 Å². The predicted molar refractivity (Wildman–Crippen MR) is 100 cm³/mol. The third kappa shape index (κ3) is 7.64. The summed E-state index contributed by atoms with van der Waals surface area (Å²) in [7, 11) is 0. The maximum absolute atomic E-state index is 13.6. The summed E-state index contributed by atoms with van der Waals surface area (Å²) in [4.78, 5) is 14.5. The standard InChI is InChI=1S/C13H16F4N.C7H8N2O/c1-8(18-12(2,3)4)10-7-9(13(15,16)17)5-6-11(10)14;1-5-4-6(7(8)10)2-3-9-5/h5-8H,1-4H3;2-4H,1H3,(H2,8,10)/q-1;. The molecule has 1 aromatic heterocycles. The molecular weight excluding hydrogens is 374 g/mol. The molecule has 154 valence electrons. The van der Waals surface area contributed by atoms with Gasteiger partial charge >= 0.3 is 6.18 Å². The van der Waals surface area contributed by atoms with Gasteiger partial charge in [0.1, 0.15) is 5.82 Å². The maximum Gasteiger partial charge on any atom is 0.416 e. The smallest absolute Gasteiger partial charge is 0.416 e. The lowest BCUT2D eigenvalue weighted by molar-refractivity contribution is -0.137. The van der Waals surface area contributed by atoms with Crippen molar-refractivity contribution < 1.29 is 22.4 Å². The molecule has 0 aliphatic heterocycles. The minimum atomic E-state index is -4.47. The SMILES string of the molecule is CC([N-]C(C)(C)C)c1cc(C(F)(F)F)ccc1F.Cc1cc(C(N)=O)ccn1. The molecule has 1 unspecified atom stereocenters. The van der Waals surface area contributed by atoms with Crippen molar-refractivity contribution in [1.82, 2.24) is 4.98 Å². The van der Waals surface area contributed by atoms with E-state index < -0.39 is 35.0 Å². The average molecular weight is 398 g/mol. The van der Waals surface area contributed by atoms with Gasteiger partial charge < -0.3 is 11.1 Å². The van der Waals surface area contributed by atoms with Crippen molar-refractivity contribution in [2.24, 2.45) is 5.73 Å². The Morgan fingerprint density at radius 1 is 1.14 bits per heavy atom. The molecule has 2 aromatic rings. The lowest BCUT2D eigenvalue weighted by Gasteiger charge is -2.42. The molecule has 1 aromatic carbocycles. The van der Waals surface area contributed by atoms with Crippen molar-refractivity contribution >= 4 is 5.91 Å². The molecule has 0 saturated carbocycles. The largest absolute Gasteiger partial charge is 0.651 e. The fourth-order valence-corrected chi connectivity index (χ4v) is 2.39. The van der Waals surface area contributed by atoms with E-state index in [4.69, 9.17) is 5.73 Å². The van der Waals surface area contributed by atoms with Crippen LogP contribution in [0.1, 0.15) is 60.9 Å². The van der Waals surface area contributed by atoms with Crippen LogP contribution in [0.25, 0.3) is 5.32 Å². The van der Waals surface area contributed by atoms with Crippen LogP contribution >= 0.6 is 0 Å². The van der Waals surface area contributed by atoms with Crippen LogP contribution in [0.2, 0.25) is 0 Å². The lowest BCUT2D eigenvalue weighted by Crippen LogP contribution is -2.16. The van der Waals surface area contributed by atoms with Gasteiger partial charge in [0.25, 0.3) is 0 Å². The molecule has 2 rings (SSSR count). The average Bonchev–Trinajstić information content (AvgIpc) is 2.53. The van der Waals surface area contributed by atoms with Gasteiger partial charge in [-0.25, -0.2) is 4.39 Å². The summed E-state index contributed by atoms with van der Waals surface area (Å²) in [6.07, 6.45) is -2.90. The van der Waals surface area contributed by atoms with Crippen molar-refractivity contribution in [3.8, 4) is 0 Å². The first-order valence-electron chi connectivity index (χ1n) is 8.52. The summed E-state index contributed by atoms with van der Waals surface area (Å²) in [6.45, 7) is 8.84. The first-order valence-corrected chi connectivity index (χ1v) is 8.52. The number of aryl methyl sites for hydroxylation is 1. The second-order valence-electron chi connectivity index (χ2n) is 7.26. The van der Waals surface area contributed by atoms with Gasteiger partial charge in [0.2, 0.25) is 5.91 Å². The normalized spacial score (nSPS) is 12.8. The predicted octanol–water partition coefficient (Wildman–Crippen LogP) is 5.57. The van der Waals surface area contributed by atoms with E-state index in [1.807, 2.05) is 27.7 Å². The van der Waals surface area contributed by atoms with E-state index in [1.165, 1.54) is 0 Å². The van der Waals surface area contributed by atoms with E-state index in [1.54, 1.807) is 25.3 Å². The molecule has 2 N–H and O–H groups in total. The monoisotopic (exact) mass is 398 g/mol. The fraction of sp³-hybridized carbons (Fsp3) is 0.400.